The van der Waals surface area contributed by atoms with Crippen molar-refractivity contribution in [2.75, 3.05) is 6.61 Å². The molecule has 5 nitrogen and oxygen atoms in total. The summed E-state index contributed by atoms with van der Waals surface area (Å²) in [5, 5.41) is 0. The second-order valence-corrected chi connectivity index (χ2v) is 2.89. The van der Waals surface area contributed by atoms with Crippen molar-refractivity contribution in [2.24, 2.45) is 0 Å². The van der Waals surface area contributed by atoms with E-state index in [0.29, 0.717) is 0 Å². The molecule has 0 aromatic heterocycles. The Morgan fingerprint density at radius 3 is 2.19 bits per heavy atom. The Kier molecular flexibility index (Phi) is 9.85. The van der Waals surface area contributed by atoms with Gasteiger partial charge in [-0.15, -0.1) is 0 Å². The minimum Gasteiger partial charge on any atom is -0.463 e. The summed E-state index contributed by atoms with van der Waals surface area (Å²) >= 11 is 0. The van der Waals surface area contributed by atoms with Crippen LogP contribution < -0.4 is 0 Å². The van der Waals surface area contributed by atoms with Crippen molar-refractivity contribution < 1.29 is 40.9 Å². The number of ether oxygens (including phenoxy) is 2. The van der Waals surface area contributed by atoms with Crippen LogP contribution in [0.3, 0.4) is 0 Å². The molecule has 0 aliphatic rings. The summed E-state index contributed by atoms with van der Waals surface area (Å²) in [6.45, 7) is 4.67. The number of rotatable bonds is 5. The largest absolute Gasteiger partial charge is 0.463 e. The molecule has 0 bridgehead atoms. The van der Waals surface area contributed by atoms with E-state index in [4.69, 9.17) is 0 Å². The van der Waals surface area contributed by atoms with Gasteiger partial charge < -0.3 is 9.47 Å². The van der Waals surface area contributed by atoms with Gasteiger partial charge in [-0.05, 0) is 20.8 Å². The van der Waals surface area contributed by atoms with Gasteiger partial charge in [-0.25, -0.2) is 4.79 Å². The van der Waals surface area contributed by atoms with Crippen molar-refractivity contribution in [1.29, 1.82) is 0 Å². The third-order valence-electron chi connectivity index (χ3n) is 1.36. The van der Waals surface area contributed by atoms with Crippen LogP contribution in [-0.2, 0) is 40.9 Å². The molecular formula is C10H14CuO5. The van der Waals surface area contributed by atoms with Gasteiger partial charge in [0.05, 0.1) is 12.2 Å². The van der Waals surface area contributed by atoms with Crippen LogP contribution in [0.15, 0.2) is 11.8 Å². The zero-order valence-electron chi connectivity index (χ0n) is 9.33. The topological polar surface area (TPSA) is 69.7 Å². The Morgan fingerprint density at radius 1 is 1.19 bits per heavy atom. The number of esters is 2. The normalized spacial score (nSPS) is 10.1. The summed E-state index contributed by atoms with van der Waals surface area (Å²) in [7, 11) is 0. The Labute approximate surface area is 105 Å². The van der Waals surface area contributed by atoms with E-state index in [-0.39, 0.29) is 41.5 Å². The van der Waals surface area contributed by atoms with Crippen LogP contribution in [0.5, 0.6) is 0 Å². The first-order chi connectivity index (χ1) is 6.97. The van der Waals surface area contributed by atoms with Gasteiger partial charge in [0.1, 0.15) is 18.5 Å². The molecule has 6 heteroatoms. The monoisotopic (exact) mass is 277 g/mol. The van der Waals surface area contributed by atoms with Crippen molar-refractivity contribution in [3.05, 3.63) is 11.8 Å². The quantitative estimate of drug-likeness (QED) is 0.246. The molecule has 0 atom stereocenters. The first-order valence-corrected chi connectivity index (χ1v) is 4.50. The first kappa shape index (κ1) is 17.3. The van der Waals surface area contributed by atoms with Crippen molar-refractivity contribution in [1.82, 2.24) is 0 Å². The Hall–Kier alpha value is -1.13. The molecule has 0 N–H and O–H groups in total. The van der Waals surface area contributed by atoms with Gasteiger partial charge in [0.2, 0.25) is 0 Å². The Morgan fingerprint density at radius 2 is 1.75 bits per heavy atom. The number of ketones is 1. The summed E-state index contributed by atoms with van der Waals surface area (Å²) in [5.74, 6) is -1.53. The van der Waals surface area contributed by atoms with Crippen LogP contribution in [0, 0.1) is 0 Å². The molecule has 0 fully saturated rings. The van der Waals surface area contributed by atoms with Gasteiger partial charge >= 0.3 is 11.9 Å². The number of Topliss-reactive ketones (excluding diaryl/α,β-unsaturated/α-hetero) is 1. The van der Waals surface area contributed by atoms with Crippen LogP contribution in [0.25, 0.3) is 0 Å². The molecular weight excluding hydrogens is 264 g/mol. The molecule has 16 heavy (non-hydrogen) atoms. The van der Waals surface area contributed by atoms with E-state index in [1.54, 1.807) is 6.92 Å². The molecule has 1 radical (unpaired) electrons. The predicted molar refractivity (Wildman–Crippen MR) is 51.8 cm³/mol. The van der Waals surface area contributed by atoms with E-state index in [9.17, 15) is 14.4 Å². The summed E-state index contributed by atoms with van der Waals surface area (Å²) in [5.41, 5.74) is 0.175. The van der Waals surface area contributed by atoms with Crippen LogP contribution in [0.1, 0.15) is 27.2 Å². The van der Waals surface area contributed by atoms with Crippen LogP contribution in [0.4, 0.5) is 0 Å². The maximum absolute atomic E-state index is 11.0. The summed E-state index contributed by atoms with van der Waals surface area (Å²) in [6, 6.07) is 0. The average molecular weight is 278 g/mol. The van der Waals surface area contributed by atoms with Crippen LogP contribution in [0.2, 0.25) is 0 Å². The molecule has 0 aliphatic carbocycles. The number of hydrogen-bond acceptors (Lipinski definition) is 5. The maximum Gasteiger partial charge on any atom is 0.336 e. The van der Waals surface area contributed by atoms with Crippen molar-refractivity contribution >= 4 is 17.7 Å². The van der Waals surface area contributed by atoms with E-state index in [1.807, 2.05) is 0 Å². The molecule has 0 unspecified atom stereocenters. The predicted octanol–water partition coefficient (Wildman–Crippen LogP) is 0.973. The fourth-order valence-electron chi connectivity index (χ4n) is 0.692. The molecule has 95 valence electrons. The van der Waals surface area contributed by atoms with Gasteiger partial charge in [-0.2, -0.15) is 0 Å². The Bertz CT molecular complexity index is 296. The second kappa shape index (κ2) is 9.12. The molecule has 0 saturated heterocycles. The van der Waals surface area contributed by atoms with Crippen molar-refractivity contribution in [3.8, 4) is 0 Å². The van der Waals surface area contributed by atoms with E-state index >= 15 is 0 Å². The zero-order valence-corrected chi connectivity index (χ0v) is 10.3. The fourth-order valence-corrected chi connectivity index (χ4v) is 0.692. The summed E-state index contributed by atoms with van der Waals surface area (Å²) in [4.78, 5) is 32.4. The molecule has 0 spiro atoms. The van der Waals surface area contributed by atoms with Crippen molar-refractivity contribution in [3.63, 3.8) is 0 Å². The Balaban J connectivity index is 0. The van der Waals surface area contributed by atoms with Crippen LogP contribution >= 0.6 is 0 Å². The third-order valence-corrected chi connectivity index (χ3v) is 1.36. The number of carbonyl (C=O) groups is 3. The smallest absolute Gasteiger partial charge is 0.336 e. The van der Waals surface area contributed by atoms with E-state index in [2.05, 4.69) is 9.47 Å². The second-order valence-electron chi connectivity index (χ2n) is 2.89. The molecule has 0 heterocycles. The van der Waals surface area contributed by atoms with E-state index < -0.39 is 11.9 Å². The van der Waals surface area contributed by atoms with Crippen LogP contribution in [-0.4, -0.2) is 24.3 Å². The minimum atomic E-state index is -0.689. The van der Waals surface area contributed by atoms with Gasteiger partial charge in [0.25, 0.3) is 0 Å². The van der Waals surface area contributed by atoms with E-state index in [1.165, 1.54) is 13.8 Å². The number of carbonyl (C=O) groups excluding carboxylic acids is 3. The molecule has 0 aromatic carbocycles. The molecule has 0 amide bonds. The minimum absolute atomic E-state index is 0. The first-order valence-electron chi connectivity index (χ1n) is 4.50. The standard InChI is InChI=1S/C10H14O5.Cu/c1-4-14-10(13)7(2)6-15-9(12)5-8(3)11;/h6H,4-5H2,1-3H3;. The molecule has 0 saturated carbocycles. The SMILES string of the molecule is CCOC(=O)C(C)=COC(=O)CC(C)=O.[Cu]. The summed E-state index contributed by atoms with van der Waals surface area (Å²) < 4.78 is 9.21. The molecule has 0 aromatic rings. The van der Waals surface area contributed by atoms with Gasteiger partial charge in [-0.1, -0.05) is 0 Å². The van der Waals surface area contributed by atoms with Crippen molar-refractivity contribution in [2.45, 2.75) is 27.2 Å². The van der Waals surface area contributed by atoms with E-state index in [0.717, 1.165) is 6.26 Å². The van der Waals surface area contributed by atoms with Gasteiger partial charge in [-0.3, -0.25) is 9.59 Å². The maximum atomic E-state index is 11.0. The zero-order chi connectivity index (χ0) is 11.8. The molecule has 0 aliphatic heterocycles. The van der Waals surface area contributed by atoms with Gasteiger partial charge in [0.15, 0.2) is 0 Å². The van der Waals surface area contributed by atoms with Gasteiger partial charge in [0, 0.05) is 17.1 Å². The fraction of sp³-hybridized carbons (Fsp3) is 0.500. The summed E-state index contributed by atoms with van der Waals surface area (Å²) in [6.07, 6.45) is 0.690. The average Bonchev–Trinajstić information content (AvgIpc) is 2.13. The number of hydrogen-bond donors (Lipinski definition) is 0. The molecule has 0 rings (SSSR count). The third kappa shape index (κ3) is 8.20.